The smallest absolute Gasteiger partial charge is 0.221 e. The second-order valence-corrected chi connectivity index (χ2v) is 4.18. The standard InChI is InChI=1S/C12H18N2O2/c15-12-9-10(3-1-6-14-12)13-7-5-11-4-2-8-16-11/h2,4,8,10,13H,1,3,5-7,9H2,(H,14,15). The van der Waals surface area contributed by atoms with Crippen molar-refractivity contribution in [3.63, 3.8) is 0 Å². The average Bonchev–Trinajstić information content (AvgIpc) is 2.69. The summed E-state index contributed by atoms with van der Waals surface area (Å²) in [5.74, 6) is 1.15. The molecule has 0 spiro atoms. The molecule has 1 fully saturated rings. The van der Waals surface area contributed by atoms with Gasteiger partial charge in [-0.05, 0) is 25.0 Å². The molecule has 0 bridgehead atoms. The van der Waals surface area contributed by atoms with Crippen molar-refractivity contribution >= 4 is 5.91 Å². The van der Waals surface area contributed by atoms with E-state index in [1.54, 1.807) is 6.26 Å². The van der Waals surface area contributed by atoms with Gasteiger partial charge >= 0.3 is 0 Å². The predicted octanol–water partition coefficient (Wildman–Crippen LogP) is 1.08. The van der Waals surface area contributed by atoms with Crippen LogP contribution in [0.25, 0.3) is 0 Å². The Morgan fingerprint density at radius 1 is 1.56 bits per heavy atom. The van der Waals surface area contributed by atoms with Gasteiger partial charge in [0.2, 0.25) is 5.91 Å². The Morgan fingerprint density at radius 2 is 2.50 bits per heavy atom. The molecule has 1 aliphatic rings. The van der Waals surface area contributed by atoms with Crippen molar-refractivity contribution in [2.75, 3.05) is 13.1 Å². The van der Waals surface area contributed by atoms with E-state index in [2.05, 4.69) is 10.6 Å². The van der Waals surface area contributed by atoms with Crippen LogP contribution in [0.3, 0.4) is 0 Å². The second kappa shape index (κ2) is 5.70. The van der Waals surface area contributed by atoms with E-state index in [4.69, 9.17) is 4.42 Å². The monoisotopic (exact) mass is 222 g/mol. The van der Waals surface area contributed by atoms with E-state index < -0.39 is 0 Å². The molecule has 2 heterocycles. The van der Waals surface area contributed by atoms with E-state index in [1.165, 1.54) is 0 Å². The van der Waals surface area contributed by atoms with Crippen molar-refractivity contribution in [1.82, 2.24) is 10.6 Å². The summed E-state index contributed by atoms with van der Waals surface area (Å²) >= 11 is 0. The van der Waals surface area contributed by atoms with Gasteiger partial charge in [0.15, 0.2) is 0 Å². The molecule has 2 N–H and O–H groups in total. The lowest BCUT2D eigenvalue weighted by molar-refractivity contribution is -0.121. The van der Waals surface area contributed by atoms with Gasteiger partial charge in [0.05, 0.1) is 6.26 Å². The van der Waals surface area contributed by atoms with Crippen LogP contribution in [0.4, 0.5) is 0 Å². The summed E-state index contributed by atoms with van der Waals surface area (Å²) in [5, 5.41) is 6.29. The molecule has 1 amide bonds. The summed E-state index contributed by atoms with van der Waals surface area (Å²) in [7, 11) is 0. The molecule has 4 nitrogen and oxygen atoms in total. The lowest BCUT2D eigenvalue weighted by Gasteiger charge is -2.14. The topological polar surface area (TPSA) is 54.3 Å². The highest BCUT2D eigenvalue weighted by atomic mass is 16.3. The summed E-state index contributed by atoms with van der Waals surface area (Å²) in [6, 6.07) is 4.19. The maximum Gasteiger partial charge on any atom is 0.221 e. The lowest BCUT2D eigenvalue weighted by Crippen LogP contribution is -2.33. The van der Waals surface area contributed by atoms with Gasteiger partial charge in [-0.25, -0.2) is 0 Å². The third-order valence-electron chi connectivity index (χ3n) is 2.87. The Bertz CT molecular complexity index is 322. The van der Waals surface area contributed by atoms with Crippen LogP contribution >= 0.6 is 0 Å². The molecule has 1 atom stereocenters. The summed E-state index contributed by atoms with van der Waals surface area (Å²) in [4.78, 5) is 11.3. The van der Waals surface area contributed by atoms with Crippen LogP contribution in [-0.4, -0.2) is 25.0 Å². The fourth-order valence-corrected chi connectivity index (χ4v) is 2.00. The van der Waals surface area contributed by atoms with Gasteiger partial charge in [0.1, 0.15) is 5.76 Å². The summed E-state index contributed by atoms with van der Waals surface area (Å²) in [5.41, 5.74) is 0. The Hall–Kier alpha value is -1.29. The zero-order valence-electron chi connectivity index (χ0n) is 9.37. The number of rotatable bonds is 4. The molecule has 4 heteroatoms. The molecule has 0 aliphatic carbocycles. The molecule has 2 rings (SSSR count). The number of amides is 1. The Balaban J connectivity index is 1.70. The maximum absolute atomic E-state index is 11.3. The van der Waals surface area contributed by atoms with Gasteiger partial charge in [0, 0.05) is 32.0 Å². The van der Waals surface area contributed by atoms with E-state index in [0.717, 1.165) is 38.1 Å². The van der Waals surface area contributed by atoms with Crippen molar-refractivity contribution in [1.29, 1.82) is 0 Å². The van der Waals surface area contributed by atoms with Crippen LogP contribution in [0, 0.1) is 0 Å². The van der Waals surface area contributed by atoms with Crippen LogP contribution in [0.2, 0.25) is 0 Å². The van der Waals surface area contributed by atoms with E-state index in [9.17, 15) is 4.79 Å². The van der Waals surface area contributed by atoms with Crippen LogP contribution in [0.1, 0.15) is 25.0 Å². The minimum Gasteiger partial charge on any atom is -0.469 e. The molecule has 1 aromatic heterocycles. The molecular formula is C12H18N2O2. The first-order chi connectivity index (χ1) is 7.84. The van der Waals surface area contributed by atoms with Gasteiger partial charge in [-0.15, -0.1) is 0 Å². The zero-order valence-corrected chi connectivity index (χ0v) is 9.37. The van der Waals surface area contributed by atoms with Crippen LogP contribution in [0.15, 0.2) is 22.8 Å². The molecule has 0 radical (unpaired) electrons. The van der Waals surface area contributed by atoms with Gasteiger partial charge in [0.25, 0.3) is 0 Å². The van der Waals surface area contributed by atoms with Gasteiger partial charge in [-0.1, -0.05) is 0 Å². The van der Waals surface area contributed by atoms with Crippen LogP contribution in [-0.2, 0) is 11.2 Å². The van der Waals surface area contributed by atoms with E-state index in [1.807, 2.05) is 12.1 Å². The minimum absolute atomic E-state index is 0.160. The minimum atomic E-state index is 0.160. The van der Waals surface area contributed by atoms with E-state index in [0.29, 0.717) is 12.5 Å². The van der Waals surface area contributed by atoms with Crippen molar-refractivity contribution in [3.8, 4) is 0 Å². The molecule has 88 valence electrons. The highest BCUT2D eigenvalue weighted by molar-refractivity contribution is 5.76. The molecule has 1 saturated heterocycles. The quantitative estimate of drug-likeness (QED) is 0.801. The fourth-order valence-electron chi connectivity index (χ4n) is 2.00. The summed E-state index contributed by atoms with van der Waals surface area (Å²) in [6.45, 7) is 1.68. The van der Waals surface area contributed by atoms with E-state index in [-0.39, 0.29) is 5.91 Å². The van der Waals surface area contributed by atoms with Crippen LogP contribution in [0.5, 0.6) is 0 Å². The fraction of sp³-hybridized carbons (Fsp3) is 0.583. The Kier molecular flexibility index (Phi) is 3.99. The van der Waals surface area contributed by atoms with Crippen molar-refractivity contribution in [2.24, 2.45) is 0 Å². The molecule has 1 aliphatic heterocycles. The van der Waals surface area contributed by atoms with Gasteiger partial charge < -0.3 is 15.1 Å². The molecular weight excluding hydrogens is 204 g/mol. The second-order valence-electron chi connectivity index (χ2n) is 4.18. The first-order valence-electron chi connectivity index (χ1n) is 5.87. The summed E-state index contributed by atoms with van der Waals surface area (Å²) < 4.78 is 5.25. The number of carbonyl (C=O) groups is 1. The summed E-state index contributed by atoms with van der Waals surface area (Å²) in [6.07, 6.45) is 5.29. The molecule has 16 heavy (non-hydrogen) atoms. The first kappa shape index (κ1) is 11.2. The van der Waals surface area contributed by atoms with Crippen molar-refractivity contribution in [2.45, 2.75) is 31.7 Å². The third-order valence-corrected chi connectivity index (χ3v) is 2.87. The number of hydrogen-bond donors (Lipinski definition) is 2. The predicted molar refractivity (Wildman–Crippen MR) is 61.1 cm³/mol. The third kappa shape index (κ3) is 3.38. The SMILES string of the molecule is O=C1CC(NCCc2ccco2)CCCN1. The van der Waals surface area contributed by atoms with Crippen LogP contribution < -0.4 is 10.6 Å². The zero-order chi connectivity index (χ0) is 11.2. The molecule has 0 aromatic carbocycles. The highest BCUT2D eigenvalue weighted by Gasteiger charge is 2.16. The maximum atomic E-state index is 11.3. The molecule has 1 unspecified atom stereocenters. The van der Waals surface area contributed by atoms with Crippen molar-refractivity contribution in [3.05, 3.63) is 24.2 Å². The number of furan rings is 1. The Morgan fingerprint density at radius 3 is 3.31 bits per heavy atom. The largest absolute Gasteiger partial charge is 0.469 e. The number of nitrogens with one attached hydrogen (secondary N) is 2. The van der Waals surface area contributed by atoms with Crippen molar-refractivity contribution < 1.29 is 9.21 Å². The van der Waals surface area contributed by atoms with Gasteiger partial charge in [-0.3, -0.25) is 4.79 Å². The Labute approximate surface area is 95.4 Å². The molecule has 1 aromatic rings. The molecule has 0 saturated carbocycles. The lowest BCUT2D eigenvalue weighted by atomic mass is 10.1. The normalized spacial score (nSPS) is 21.5. The van der Waals surface area contributed by atoms with E-state index >= 15 is 0 Å². The number of hydrogen-bond acceptors (Lipinski definition) is 3. The number of carbonyl (C=O) groups excluding carboxylic acids is 1. The van der Waals surface area contributed by atoms with Gasteiger partial charge in [-0.2, -0.15) is 0 Å². The first-order valence-corrected chi connectivity index (χ1v) is 5.87. The highest BCUT2D eigenvalue weighted by Crippen LogP contribution is 2.06. The average molecular weight is 222 g/mol.